The number of nitrogens with one attached hydrogen (secondary N) is 1. The van der Waals surface area contributed by atoms with Gasteiger partial charge in [0.2, 0.25) is 11.2 Å². The number of Topliss-reactive ketones (excluding diaryl/α,β-unsaturated/α-hetero) is 2. The van der Waals surface area contributed by atoms with E-state index in [1.54, 1.807) is 57.2 Å². The van der Waals surface area contributed by atoms with E-state index < -0.39 is 28.9 Å². The molecule has 7 nitrogen and oxygen atoms in total. The smallest absolute Gasteiger partial charge is 0.333 e. The molecule has 0 saturated heterocycles. The molecule has 4 rings (SSSR count). The largest absolute Gasteiger partial charge is 0.465 e. The predicted molar refractivity (Wildman–Crippen MR) is 112 cm³/mol. The number of esters is 2. The summed E-state index contributed by atoms with van der Waals surface area (Å²) in [6.07, 6.45) is 0. The highest BCUT2D eigenvalue weighted by atomic mass is 16.6. The van der Waals surface area contributed by atoms with Gasteiger partial charge in [-0.15, -0.1) is 0 Å². The van der Waals surface area contributed by atoms with Gasteiger partial charge in [-0.1, -0.05) is 42.0 Å². The van der Waals surface area contributed by atoms with E-state index in [0.717, 1.165) is 5.56 Å². The van der Waals surface area contributed by atoms with Gasteiger partial charge in [-0.05, 0) is 26.8 Å². The van der Waals surface area contributed by atoms with E-state index in [2.05, 4.69) is 5.32 Å². The molecule has 1 aliphatic carbocycles. The van der Waals surface area contributed by atoms with Crippen LogP contribution in [0.25, 0.3) is 0 Å². The van der Waals surface area contributed by atoms with Crippen LogP contribution in [-0.2, 0) is 24.5 Å². The Morgan fingerprint density at radius 1 is 0.903 bits per heavy atom. The van der Waals surface area contributed by atoms with Crippen LogP contribution in [0.15, 0.2) is 53.7 Å². The Hall–Kier alpha value is -3.74. The maximum atomic E-state index is 13.7. The molecular weight excluding hydrogens is 398 g/mol. The SMILES string of the molecule is CCOC(=O)C1(C(=O)OCC)C2=C(Nc3ccc(C)cc31)C(=O)c1ccccc1C2=O. The molecule has 0 amide bonds. The van der Waals surface area contributed by atoms with Crippen LogP contribution in [0.1, 0.15) is 45.7 Å². The molecule has 1 N–H and O–H groups in total. The summed E-state index contributed by atoms with van der Waals surface area (Å²) >= 11 is 0. The van der Waals surface area contributed by atoms with Crippen LogP contribution in [0.3, 0.4) is 0 Å². The highest BCUT2D eigenvalue weighted by Gasteiger charge is 2.61. The third-order valence-corrected chi connectivity index (χ3v) is 5.50. The van der Waals surface area contributed by atoms with Gasteiger partial charge in [0.05, 0.1) is 24.5 Å². The molecule has 158 valence electrons. The molecule has 0 spiro atoms. The summed E-state index contributed by atoms with van der Waals surface area (Å²) in [5.74, 6) is -2.97. The second-order valence-corrected chi connectivity index (χ2v) is 7.32. The molecule has 7 heteroatoms. The third-order valence-electron chi connectivity index (χ3n) is 5.50. The number of rotatable bonds is 4. The molecule has 0 atom stereocenters. The Morgan fingerprint density at radius 3 is 2.06 bits per heavy atom. The van der Waals surface area contributed by atoms with Gasteiger partial charge in [0.25, 0.3) is 0 Å². The maximum absolute atomic E-state index is 13.7. The van der Waals surface area contributed by atoms with E-state index in [0.29, 0.717) is 5.69 Å². The monoisotopic (exact) mass is 419 g/mol. The van der Waals surface area contributed by atoms with Crippen LogP contribution in [-0.4, -0.2) is 36.7 Å². The Balaban J connectivity index is 2.12. The molecule has 0 unspecified atom stereocenters. The minimum atomic E-state index is -2.21. The molecule has 0 saturated carbocycles. The fourth-order valence-corrected chi connectivity index (χ4v) is 4.19. The van der Waals surface area contributed by atoms with Crippen molar-refractivity contribution in [2.75, 3.05) is 18.5 Å². The molecule has 0 bridgehead atoms. The second kappa shape index (κ2) is 7.50. The summed E-state index contributed by atoms with van der Waals surface area (Å²) in [4.78, 5) is 54.0. The number of carbonyl (C=O) groups is 4. The van der Waals surface area contributed by atoms with Crippen molar-refractivity contribution in [1.82, 2.24) is 0 Å². The average Bonchev–Trinajstić information content (AvgIpc) is 2.76. The zero-order valence-electron chi connectivity index (χ0n) is 17.4. The van der Waals surface area contributed by atoms with E-state index in [9.17, 15) is 19.2 Å². The average molecular weight is 419 g/mol. The number of carbonyl (C=O) groups excluding carboxylic acids is 4. The summed E-state index contributed by atoms with van der Waals surface area (Å²) in [6.45, 7) is 4.97. The Bertz CT molecular complexity index is 1160. The standard InChI is InChI=1S/C24H21NO6/c1-4-30-22(28)24(23(29)31-5-2)16-12-13(3)10-11-17(16)25-19-18(24)20(26)14-8-6-7-9-15(14)21(19)27/h6-12,25H,4-5H2,1-3H3. The van der Waals surface area contributed by atoms with Gasteiger partial charge >= 0.3 is 11.9 Å². The molecule has 2 aromatic rings. The fourth-order valence-electron chi connectivity index (χ4n) is 4.19. The van der Waals surface area contributed by atoms with Crippen molar-refractivity contribution in [3.05, 3.63) is 76.0 Å². The van der Waals surface area contributed by atoms with Gasteiger partial charge in [-0.2, -0.15) is 0 Å². The molecule has 0 fully saturated rings. The first-order chi connectivity index (χ1) is 14.9. The summed E-state index contributed by atoms with van der Waals surface area (Å²) < 4.78 is 10.6. The maximum Gasteiger partial charge on any atom is 0.333 e. The van der Waals surface area contributed by atoms with E-state index in [-0.39, 0.29) is 41.2 Å². The molecule has 31 heavy (non-hydrogen) atoms. The predicted octanol–water partition coefficient (Wildman–Crippen LogP) is 3.12. The zero-order valence-corrected chi connectivity index (χ0v) is 17.4. The molecular formula is C24H21NO6. The molecule has 1 heterocycles. The highest BCUT2D eigenvalue weighted by molar-refractivity contribution is 6.34. The minimum Gasteiger partial charge on any atom is -0.465 e. The molecule has 2 aromatic carbocycles. The topological polar surface area (TPSA) is 98.8 Å². The molecule has 1 aliphatic heterocycles. The van der Waals surface area contributed by atoms with E-state index in [4.69, 9.17) is 9.47 Å². The van der Waals surface area contributed by atoms with Gasteiger partial charge in [0.15, 0.2) is 5.78 Å². The number of allylic oxidation sites excluding steroid dienone is 1. The van der Waals surface area contributed by atoms with Gasteiger partial charge in [-0.25, -0.2) is 0 Å². The quantitative estimate of drug-likeness (QED) is 0.600. The fraction of sp³-hybridized carbons (Fsp3) is 0.250. The van der Waals surface area contributed by atoms with Crippen LogP contribution in [0, 0.1) is 6.92 Å². The lowest BCUT2D eigenvalue weighted by molar-refractivity contribution is -0.162. The first-order valence-corrected chi connectivity index (χ1v) is 10.0. The zero-order chi connectivity index (χ0) is 22.3. The number of ketones is 2. The van der Waals surface area contributed by atoms with Crippen molar-refractivity contribution >= 4 is 29.2 Å². The number of ether oxygens (including phenoxy) is 2. The number of hydrogen-bond acceptors (Lipinski definition) is 7. The van der Waals surface area contributed by atoms with Gasteiger partial charge in [0.1, 0.15) is 0 Å². The third kappa shape index (κ3) is 2.80. The summed E-state index contributed by atoms with van der Waals surface area (Å²) in [6, 6.07) is 11.4. The Kier molecular flexibility index (Phi) is 4.97. The minimum absolute atomic E-state index is 0.0180. The second-order valence-electron chi connectivity index (χ2n) is 7.32. The van der Waals surface area contributed by atoms with Gasteiger partial charge < -0.3 is 14.8 Å². The first kappa shape index (κ1) is 20.5. The molecule has 0 aromatic heterocycles. The summed E-state index contributed by atoms with van der Waals surface area (Å²) in [7, 11) is 0. The normalized spacial score (nSPS) is 16.0. The lowest BCUT2D eigenvalue weighted by Crippen LogP contribution is -2.54. The number of fused-ring (bicyclic) bond motifs is 2. The summed E-state index contributed by atoms with van der Waals surface area (Å²) in [5.41, 5.74) is -0.897. The molecule has 2 aliphatic rings. The van der Waals surface area contributed by atoms with Crippen molar-refractivity contribution in [2.24, 2.45) is 0 Å². The number of hydrogen-bond donors (Lipinski definition) is 1. The van der Waals surface area contributed by atoms with Crippen molar-refractivity contribution in [1.29, 1.82) is 0 Å². The lowest BCUT2D eigenvalue weighted by atomic mass is 9.65. The Morgan fingerprint density at radius 2 is 1.48 bits per heavy atom. The van der Waals surface area contributed by atoms with Crippen LogP contribution in [0.2, 0.25) is 0 Å². The van der Waals surface area contributed by atoms with Crippen LogP contribution in [0.4, 0.5) is 5.69 Å². The van der Waals surface area contributed by atoms with Crippen LogP contribution >= 0.6 is 0 Å². The molecule has 0 radical (unpaired) electrons. The van der Waals surface area contributed by atoms with Crippen LogP contribution < -0.4 is 5.32 Å². The number of anilines is 1. The first-order valence-electron chi connectivity index (χ1n) is 10.0. The van der Waals surface area contributed by atoms with E-state index in [1.807, 2.05) is 0 Å². The number of benzene rings is 2. The number of aryl methyl sites for hydroxylation is 1. The van der Waals surface area contributed by atoms with E-state index >= 15 is 0 Å². The summed E-state index contributed by atoms with van der Waals surface area (Å²) in [5, 5.41) is 2.99. The van der Waals surface area contributed by atoms with Crippen molar-refractivity contribution < 1.29 is 28.7 Å². The van der Waals surface area contributed by atoms with Crippen molar-refractivity contribution in [2.45, 2.75) is 26.2 Å². The van der Waals surface area contributed by atoms with Crippen molar-refractivity contribution in [3.8, 4) is 0 Å². The lowest BCUT2D eigenvalue weighted by Gasteiger charge is -2.39. The van der Waals surface area contributed by atoms with E-state index in [1.165, 1.54) is 6.07 Å². The van der Waals surface area contributed by atoms with Gasteiger partial charge in [0, 0.05) is 22.4 Å². The van der Waals surface area contributed by atoms with Crippen LogP contribution in [0.5, 0.6) is 0 Å². The Labute approximate surface area is 179 Å². The van der Waals surface area contributed by atoms with Gasteiger partial charge in [-0.3, -0.25) is 19.2 Å². The highest BCUT2D eigenvalue weighted by Crippen LogP contribution is 2.48. The van der Waals surface area contributed by atoms with Crippen molar-refractivity contribution in [3.63, 3.8) is 0 Å².